The lowest BCUT2D eigenvalue weighted by Gasteiger charge is -1.99. The van der Waals surface area contributed by atoms with Gasteiger partial charge in [0.1, 0.15) is 0 Å². The Bertz CT molecular complexity index is 238. The minimum Gasteiger partial charge on any atom is -0.481 e. The lowest BCUT2D eigenvalue weighted by Crippen LogP contribution is -2.01. The van der Waals surface area contributed by atoms with Gasteiger partial charge in [-0.2, -0.15) is 10.5 Å². The molecule has 1 heterocycles. The molecular formula is C8H10O2S. The first-order chi connectivity index (χ1) is 5.29. The highest BCUT2D eigenvalue weighted by Gasteiger charge is 1.99. The van der Waals surface area contributed by atoms with Crippen LogP contribution in [-0.2, 0) is 4.79 Å². The van der Waals surface area contributed by atoms with Crippen LogP contribution in [0.25, 0.3) is 0 Å². The smallest absolute Gasteiger partial charge is 0.312 e. The molecule has 11 heavy (non-hydrogen) atoms. The molecule has 0 fully saturated rings. The molecule has 0 aromatic heterocycles. The van der Waals surface area contributed by atoms with Crippen molar-refractivity contribution in [2.24, 2.45) is 0 Å². The van der Waals surface area contributed by atoms with Crippen molar-refractivity contribution >= 4 is 21.8 Å². The third-order valence-corrected chi connectivity index (χ3v) is 3.03. The largest absolute Gasteiger partial charge is 0.481 e. The maximum Gasteiger partial charge on any atom is 0.312 e. The Labute approximate surface area is 68.2 Å². The summed E-state index contributed by atoms with van der Waals surface area (Å²) in [5.41, 5.74) is 0. The van der Waals surface area contributed by atoms with Crippen LogP contribution in [0.15, 0.2) is 24.3 Å². The molecule has 0 saturated heterocycles. The SMILES string of the molecule is O=C(O)CS1=CC=CC=CC1. The van der Waals surface area contributed by atoms with Crippen LogP contribution in [-0.4, -0.2) is 27.9 Å². The molecule has 60 valence electrons. The van der Waals surface area contributed by atoms with Gasteiger partial charge in [-0.25, -0.2) is 0 Å². The number of rotatable bonds is 2. The molecule has 2 nitrogen and oxygen atoms in total. The van der Waals surface area contributed by atoms with Gasteiger partial charge in [-0.1, -0.05) is 24.3 Å². The molecule has 0 bridgehead atoms. The van der Waals surface area contributed by atoms with Crippen LogP contribution in [0.5, 0.6) is 0 Å². The van der Waals surface area contributed by atoms with Gasteiger partial charge in [-0.3, -0.25) is 4.79 Å². The molecule has 0 aliphatic carbocycles. The number of hydrogen-bond donors (Lipinski definition) is 1. The van der Waals surface area contributed by atoms with Gasteiger partial charge in [0.25, 0.3) is 0 Å². The van der Waals surface area contributed by atoms with Crippen LogP contribution in [0.1, 0.15) is 0 Å². The van der Waals surface area contributed by atoms with Crippen molar-refractivity contribution in [2.45, 2.75) is 0 Å². The monoisotopic (exact) mass is 170 g/mol. The minimum atomic E-state index is -0.715. The number of allylic oxidation sites excluding steroid dienone is 3. The van der Waals surface area contributed by atoms with E-state index in [1.165, 1.54) is 0 Å². The van der Waals surface area contributed by atoms with E-state index in [0.717, 1.165) is 5.75 Å². The van der Waals surface area contributed by atoms with E-state index in [2.05, 4.69) is 0 Å². The van der Waals surface area contributed by atoms with Gasteiger partial charge in [0, 0.05) is 5.75 Å². The highest BCUT2D eigenvalue weighted by molar-refractivity contribution is 8.15. The molecule has 0 amide bonds. The fourth-order valence-electron chi connectivity index (χ4n) is 0.800. The summed E-state index contributed by atoms with van der Waals surface area (Å²) in [7, 11) is -0.0903. The summed E-state index contributed by atoms with van der Waals surface area (Å²) in [6.45, 7) is 0. The van der Waals surface area contributed by atoms with Crippen molar-refractivity contribution in [1.82, 2.24) is 0 Å². The van der Waals surface area contributed by atoms with Crippen molar-refractivity contribution in [1.29, 1.82) is 0 Å². The number of carboxylic acids is 1. The third-order valence-electron chi connectivity index (χ3n) is 1.25. The van der Waals surface area contributed by atoms with Crippen molar-refractivity contribution in [3.63, 3.8) is 0 Å². The second kappa shape index (κ2) is 4.13. The maximum absolute atomic E-state index is 10.3. The van der Waals surface area contributed by atoms with Crippen molar-refractivity contribution < 1.29 is 9.90 Å². The van der Waals surface area contributed by atoms with Crippen molar-refractivity contribution in [2.75, 3.05) is 11.5 Å². The number of carboxylic acid groups (broad SMARTS) is 1. The first kappa shape index (κ1) is 8.27. The van der Waals surface area contributed by atoms with E-state index in [1.54, 1.807) is 0 Å². The van der Waals surface area contributed by atoms with Crippen LogP contribution in [0.3, 0.4) is 0 Å². The molecule has 1 unspecified atom stereocenters. The van der Waals surface area contributed by atoms with Crippen molar-refractivity contribution in [3.8, 4) is 0 Å². The Kier molecular flexibility index (Phi) is 3.11. The molecule has 1 N–H and O–H groups in total. The molecule has 0 saturated carbocycles. The Morgan fingerprint density at radius 3 is 3.00 bits per heavy atom. The molecule has 1 rings (SSSR count). The molecule has 0 radical (unpaired) electrons. The van der Waals surface area contributed by atoms with Crippen LogP contribution in [0, 0.1) is 0 Å². The molecular weight excluding hydrogens is 160 g/mol. The molecule has 1 aliphatic heterocycles. The molecule has 3 heteroatoms. The van der Waals surface area contributed by atoms with E-state index in [-0.39, 0.29) is 16.2 Å². The third kappa shape index (κ3) is 3.18. The fourth-order valence-corrected chi connectivity index (χ4v) is 2.11. The summed E-state index contributed by atoms with van der Waals surface area (Å²) in [5, 5.41) is 10.5. The topological polar surface area (TPSA) is 37.3 Å². The first-order valence-electron chi connectivity index (χ1n) is 3.34. The summed E-state index contributed by atoms with van der Waals surface area (Å²) in [6.07, 6.45) is 7.79. The van der Waals surface area contributed by atoms with Gasteiger partial charge in [-0.05, 0) is 5.37 Å². The zero-order chi connectivity index (χ0) is 8.10. The van der Waals surface area contributed by atoms with Gasteiger partial charge < -0.3 is 5.11 Å². The Hall–Kier alpha value is -0.830. The summed E-state index contributed by atoms with van der Waals surface area (Å²) >= 11 is 0. The van der Waals surface area contributed by atoms with E-state index < -0.39 is 5.97 Å². The highest BCUT2D eigenvalue weighted by Crippen LogP contribution is 2.13. The standard InChI is InChI=1S/C8H10O2S/c9-8(10)7-11-5-3-1-2-4-6-11/h1-5H,6-7H2,(H,9,10). The minimum absolute atomic E-state index is 0.0903. The average molecular weight is 170 g/mol. The van der Waals surface area contributed by atoms with E-state index in [9.17, 15) is 4.79 Å². The Morgan fingerprint density at radius 2 is 2.27 bits per heavy atom. The van der Waals surface area contributed by atoms with E-state index in [4.69, 9.17) is 5.11 Å². The summed E-state index contributed by atoms with van der Waals surface area (Å²) < 4.78 is 0. The van der Waals surface area contributed by atoms with Gasteiger partial charge in [0.15, 0.2) is 0 Å². The van der Waals surface area contributed by atoms with E-state index in [0.29, 0.717) is 0 Å². The van der Waals surface area contributed by atoms with E-state index >= 15 is 0 Å². The van der Waals surface area contributed by atoms with Crippen LogP contribution in [0.2, 0.25) is 0 Å². The maximum atomic E-state index is 10.3. The lowest BCUT2D eigenvalue weighted by molar-refractivity contribution is -0.133. The summed E-state index contributed by atoms with van der Waals surface area (Å²) in [5.74, 6) is 0.404. The summed E-state index contributed by atoms with van der Waals surface area (Å²) in [4.78, 5) is 10.3. The molecule has 0 aromatic rings. The second-order valence-electron chi connectivity index (χ2n) is 2.19. The summed E-state index contributed by atoms with van der Waals surface area (Å²) in [6, 6.07) is 0. The van der Waals surface area contributed by atoms with Gasteiger partial charge in [0.2, 0.25) is 0 Å². The second-order valence-corrected chi connectivity index (χ2v) is 4.16. The molecule has 1 aliphatic rings. The Morgan fingerprint density at radius 1 is 1.45 bits per heavy atom. The lowest BCUT2D eigenvalue weighted by atomic mass is 10.5. The van der Waals surface area contributed by atoms with Crippen LogP contribution in [0.4, 0.5) is 0 Å². The number of aliphatic carboxylic acids is 1. The number of carbonyl (C=O) groups is 1. The normalized spacial score (nSPS) is 22.4. The van der Waals surface area contributed by atoms with Crippen LogP contribution >= 0.6 is 10.5 Å². The molecule has 0 spiro atoms. The average Bonchev–Trinajstić information content (AvgIpc) is 2.14. The Balaban J connectivity index is 2.57. The van der Waals surface area contributed by atoms with Gasteiger partial charge >= 0.3 is 5.97 Å². The van der Waals surface area contributed by atoms with Crippen molar-refractivity contribution in [3.05, 3.63) is 24.3 Å². The zero-order valence-corrected chi connectivity index (χ0v) is 6.88. The first-order valence-corrected chi connectivity index (χ1v) is 4.96. The zero-order valence-electron chi connectivity index (χ0n) is 6.06. The predicted molar refractivity (Wildman–Crippen MR) is 49.3 cm³/mol. The number of hydrogen-bond acceptors (Lipinski definition) is 1. The highest BCUT2D eigenvalue weighted by atomic mass is 32.2. The predicted octanol–water partition coefficient (Wildman–Crippen LogP) is 1.27. The molecule has 0 aromatic carbocycles. The van der Waals surface area contributed by atoms with Gasteiger partial charge in [0.05, 0.1) is 5.75 Å². The quantitative estimate of drug-likeness (QED) is 0.634. The van der Waals surface area contributed by atoms with E-state index in [1.807, 2.05) is 29.7 Å². The molecule has 1 atom stereocenters. The fraction of sp³-hybridized carbons (Fsp3) is 0.250. The van der Waals surface area contributed by atoms with Gasteiger partial charge in [-0.15, -0.1) is 0 Å². The van der Waals surface area contributed by atoms with Crippen LogP contribution < -0.4 is 0 Å².